The summed E-state index contributed by atoms with van der Waals surface area (Å²) < 4.78 is 5.01. The number of hydrogen-bond acceptors (Lipinski definition) is 2. The summed E-state index contributed by atoms with van der Waals surface area (Å²) in [7, 11) is 1.56. The lowest BCUT2D eigenvalue weighted by molar-refractivity contribution is -0.148. The van der Waals surface area contributed by atoms with Gasteiger partial charge in [0.2, 0.25) is 0 Å². The van der Waals surface area contributed by atoms with Gasteiger partial charge in [-0.25, -0.2) is 0 Å². The Labute approximate surface area is 102 Å². The maximum Gasteiger partial charge on any atom is 0.308 e. The van der Waals surface area contributed by atoms with E-state index in [9.17, 15) is 4.79 Å². The van der Waals surface area contributed by atoms with Crippen molar-refractivity contribution < 1.29 is 9.53 Å². The van der Waals surface area contributed by atoms with Gasteiger partial charge >= 0.3 is 5.97 Å². The average Bonchev–Trinajstić information content (AvgIpc) is 2.88. The Morgan fingerprint density at radius 1 is 0.882 bits per heavy atom. The molecule has 0 aromatic carbocycles. The third-order valence-electron chi connectivity index (χ3n) is 7.31. The minimum atomic E-state index is 0.0890. The van der Waals surface area contributed by atoms with E-state index < -0.39 is 0 Å². The highest BCUT2D eigenvalue weighted by atomic mass is 16.5. The minimum Gasteiger partial charge on any atom is -0.469 e. The van der Waals surface area contributed by atoms with E-state index in [1.807, 2.05) is 0 Å². The van der Waals surface area contributed by atoms with Crippen molar-refractivity contribution in [1.29, 1.82) is 0 Å². The highest BCUT2D eigenvalue weighted by molar-refractivity contribution is 5.73. The Kier molecular flexibility index (Phi) is 1.51. The van der Waals surface area contributed by atoms with Crippen LogP contribution in [-0.4, -0.2) is 13.1 Å². The number of rotatable bonds is 1. The first-order chi connectivity index (χ1) is 8.29. The van der Waals surface area contributed by atoms with Gasteiger partial charge in [0.25, 0.3) is 0 Å². The molecule has 2 heteroatoms. The first-order valence-electron chi connectivity index (χ1n) is 7.37. The Bertz CT molecular complexity index is 404. The van der Waals surface area contributed by atoms with E-state index in [0.29, 0.717) is 5.92 Å². The SMILES string of the molecule is COC(=O)C1CC2CC1C1C3CC4CC(C43)C21. The van der Waals surface area contributed by atoms with Crippen molar-refractivity contribution >= 4 is 5.97 Å². The molecular weight excluding hydrogens is 212 g/mol. The summed E-state index contributed by atoms with van der Waals surface area (Å²) in [6.07, 6.45) is 5.53. The fourth-order valence-electron chi connectivity index (χ4n) is 6.99. The van der Waals surface area contributed by atoms with E-state index in [-0.39, 0.29) is 11.9 Å². The number of carbonyl (C=O) groups is 1. The summed E-state index contributed by atoms with van der Waals surface area (Å²) in [5, 5.41) is 0. The Morgan fingerprint density at radius 2 is 1.53 bits per heavy atom. The quantitative estimate of drug-likeness (QED) is 0.649. The lowest BCUT2D eigenvalue weighted by Crippen LogP contribution is -2.48. The second-order valence-corrected chi connectivity index (χ2v) is 7.32. The van der Waals surface area contributed by atoms with Crippen LogP contribution in [0.4, 0.5) is 0 Å². The third-order valence-corrected chi connectivity index (χ3v) is 7.31. The summed E-state index contributed by atoms with van der Waals surface area (Å²) in [4.78, 5) is 11.9. The molecule has 5 aliphatic rings. The third kappa shape index (κ3) is 0.850. The molecule has 0 aromatic rings. The first kappa shape index (κ1) is 9.41. The Hall–Kier alpha value is -0.530. The lowest BCUT2D eigenvalue weighted by atomic mass is 9.50. The monoisotopic (exact) mass is 232 g/mol. The second kappa shape index (κ2) is 2.73. The topological polar surface area (TPSA) is 26.3 Å². The van der Waals surface area contributed by atoms with Gasteiger partial charge in [-0.3, -0.25) is 4.79 Å². The van der Waals surface area contributed by atoms with Crippen molar-refractivity contribution in [3.63, 3.8) is 0 Å². The van der Waals surface area contributed by atoms with Crippen molar-refractivity contribution in [2.24, 2.45) is 53.3 Å². The second-order valence-electron chi connectivity index (χ2n) is 7.32. The van der Waals surface area contributed by atoms with Crippen LogP contribution in [0.1, 0.15) is 25.7 Å². The molecule has 0 amide bonds. The molecule has 9 atom stereocenters. The number of fused-ring (bicyclic) bond motifs is 7. The highest BCUT2D eigenvalue weighted by Crippen LogP contribution is 2.77. The van der Waals surface area contributed by atoms with Gasteiger partial charge in [0, 0.05) is 0 Å². The predicted molar refractivity (Wildman–Crippen MR) is 61.9 cm³/mol. The maximum absolute atomic E-state index is 11.9. The van der Waals surface area contributed by atoms with E-state index in [1.54, 1.807) is 7.11 Å². The van der Waals surface area contributed by atoms with Gasteiger partial charge in [0.05, 0.1) is 13.0 Å². The van der Waals surface area contributed by atoms with Gasteiger partial charge in [-0.15, -0.1) is 0 Å². The molecule has 5 aliphatic carbocycles. The van der Waals surface area contributed by atoms with E-state index in [4.69, 9.17) is 4.74 Å². The number of hydrogen-bond donors (Lipinski definition) is 0. The molecule has 0 aromatic heterocycles. The summed E-state index contributed by atoms with van der Waals surface area (Å²) in [5.74, 6) is 8.19. The molecule has 2 bridgehead atoms. The number of carbonyl (C=O) groups excluding carboxylic acids is 1. The van der Waals surface area contributed by atoms with Crippen LogP contribution in [0.2, 0.25) is 0 Å². The number of esters is 1. The lowest BCUT2D eigenvalue weighted by Gasteiger charge is -2.55. The molecule has 0 spiro atoms. The molecular formula is C15H20O2. The van der Waals surface area contributed by atoms with Crippen LogP contribution in [0.3, 0.4) is 0 Å². The van der Waals surface area contributed by atoms with Crippen LogP contribution in [0, 0.1) is 53.3 Å². The summed E-state index contributed by atoms with van der Waals surface area (Å²) in [6, 6.07) is 0. The fraction of sp³-hybridized carbons (Fsp3) is 0.933. The Morgan fingerprint density at radius 3 is 2.24 bits per heavy atom. The van der Waals surface area contributed by atoms with Crippen LogP contribution >= 0.6 is 0 Å². The van der Waals surface area contributed by atoms with E-state index in [1.165, 1.54) is 19.3 Å². The average molecular weight is 232 g/mol. The molecule has 0 N–H and O–H groups in total. The first-order valence-corrected chi connectivity index (χ1v) is 7.37. The summed E-state index contributed by atoms with van der Waals surface area (Å²) in [5.41, 5.74) is 0. The molecule has 0 saturated heterocycles. The van der Waals surface area contributed by atoms with E-state index in [2.05, 4.69) is 0 Å². The van der Waals surface area contributed by atoms with Crippen LogP contribution < -0.4 is 0 Å². The largest absolute Gasteiger partial charge is 0.469 e. The minimum absolute atomic E-state index is 0.0890. The molecule has 2 nitrogen and oxygen atoms in total. The normalized spacial score (nSPS) is 64.6. The molecule has 9 unspecified atom stereocenters. The molecule has 5 rings (SSSR count). The van der Waals surface area contributed by atoms with Gasteiger partial charge in [-0.1, -0.05) is 0 Å². The van der Waals surface area contributed by atoms with Gasteiger partial charge < -0.3 is 4.74 Å². The van der Waals surface area contributed by atoms with Crippen molar-refractivity contribution in [2.75, 3.05) is 7.11 Å². The zero-order valence-electron chi connectivity index (χ0n) is 10.3. The zero-order valence-corrected chi connectivity index (χ0v) is 10.3. The van der Waals surface area contributed by atoms with E-state index in [0.717, 1.165) is 47.8 Å². The van der Waals surface area contributed by atoms with Gasteiger partial charge in [0.15, 0.2) is 0 Å². The Balaban J connectivity index is 1.49. The van der Waals surface area contributed by atoms with E-state index >= 15 is 0 Å². The smallest absolute Gasteiger partial charge is 0.308 e. The molecule has 0 heterocycles. The maximum atomic E-state index is 11.9. The predicted octanol–water partition coefficient (Wildman–Crippen LogP) is 2.33. The van der Waals surface area contributed by atoms with Gasteiger partial charge in [-0.05, 0) is 73.0 Å². The van der Waals surface area contributed by atoms with Crippen LogP contribution in [0.15, 0.2) is 0 Å². The fourth-order valence-corrected chi connectivity index (χ4v) is 6.99. The van der Waals surface area contributed by atoms with Crippen molar-refractivity contribution in [2.45, 2.75) is 25.7 Å². The molecule has 0 radical (unpaired) electrons. The molecule has 0 aliphatic heterocycles. The summed E-state index contributed by atoms with van der Waals surface area (Å²) >= 11 is 0. The molecule has 92 valence electrons. The molecule has 5 fully saturated rings. The van der Waals surface area contributed by atoms with Crippen LogP contribution in [0.25, 0.3) is 0 Å². The van der Waals surface area contributed by atoms with Gasteiger partial charge in [-0.2, -0.15) is 0 Å². The molecule has 5 saturated carbocycles. The number of ether oxygens (including phenoxy) is 1. The zero-order chi connectivity index (χ0) is 11.3. The standard InChI is InChI=1S/C15H20O2/c1-17-15(16)9-3-7-2-8(9)14-11-5-6-4-10(12(6)11)13(7)14/h6-14H,2-5H2,1H3. The van der Waals surface area contributed by atoms with Crippen LogP contribution in [-0.2, 0) is 9.53 Å². The highest BCUT2D eigenvalue weighted by Gasteiger charge is 2.72. The molecule has 17 heavy (non-hydrogen) atoms. The van der Waals surface area contributed by atoms with Crippen molar-refractivity contribution in [3.8, 4) is 0 Å². The van der Waals surface area contributed by atoms with Gasteiger partial charge in [0.1, 0.15) is 0 Å². The van der Waals surface area contributed by atoms with Crippen LogP contribution in [0.5, 0.6) is 0 Å². The van der Waals surface area contributed by atoms with Crippen molar-refractivity contribution in [1.82, 2.24) is 0 Å². The summed E-state index contributed by atoms with van der Waals surface area (Å²) in [6.45, 7) is 0. The number of methoxy groups -OCH3 is 1. The van der Waals surface area contributed by atoms with Crippen molar-refractivity contribution in [3.05, 3.63) is 0 Å².